The predicted octanol–water partition coefficient (Wildman–Crippen LogP) is 1.48. The normalized spacial score (nSPS) is 12.8. The van der Waals surface area contributed by atoms with E-state index in [1.807, 2.05) is 4.72 Å². The Bertz CT molecular complexity index is 858. The van der Waals surface area contributed by atoms with Crippen LogP contribution in [0.1, 0.15) is 5.56 Å². The minimum Gasteiger partial charge on any atom is -0.368 e. The van der Waals surface area contributed by atoms with E-state index in [0.717, 1.165) is 0 Å². The molecule has 0 aliphatic carbocycles. The Kier molecular flexibility index (Phi) is 5.25. The van der Waals surface area contributed by atoms with Crippen molar-refractivity contribution in [2.45, 2.75) is 17.4 Å². The molecule has 9 heteroatoms. The first-order valence-corrected chi connectivity index (χ1v) is 8.20. The molecule has 1 atom stereocenters. The van der Waals surface area contributed by atoms with Gasteiger partial charge in [-0.15, -0.1) is 0 Å². The topological polar surface area (TPSA) is 89.3 Å². The van der Waals surface area contributed by atoms with Gasteiger partial charge in [0.2, 0.25) is 15.9 Å². The largest absolute Gasteiger partial charge is 0.368 e. The summed E-state index contributed by atoms with van der Waals surface area (Å²) in [5.74, 6) is -6.31. The van der Waals surface area contributed by atoms with Crippen LogP contribution in [0.3, 0.4) is 0 Å². The standard InChI is InChI=1S/C15H13F3N2O3S/c16-10-6-7-12(14(18)13(10)17)24(22,23)20-11(15(19)21)8-9-4-2-1-3-5-9/h1-7,11,20H,8H2,(H2,19,21). The van der Waals surface area contributed by atoms with E-state index < -0.39 is 44.3 Å². The first-order chi connectivity index (χ1) is 11.2. The van der Waals surface area contributed by atoms with Crippen LogP contribution in [-0.2, 0) is 21.2 Å². The van der Waals surface area contributed by atoms with Gasteiger partial charge in [-0.25, -0.2) is 21.6 Å². The van der Waals surface area contributed by atoms with E-state index in [9.17, 15) is 26.4 Å². The quantitative estimate of drug-likeness (QED) is 0.767. The van der Waals surface area contributed by atoms with Crippen molar-refractivity contribution in [2.24, 2.45) is 5.73 Å². The molecule has 3 N–H and O–H groups in total. The van der Waals surface area contributed by atoms with E-state index in [4.69, 9.17) is 5.73 Å². The lowest BCUT2D eigenvalue weighted by Crippen LogP contribution is -2.46. The summed E-state index contributed by atoms with van der Waals surface area (Å²) in [7, 11) is -4.63. The molecule has 5 nitrogen and oxygen atoms in total. The maximum Gasteiger partial charge on any atom is 0.244 e. The fraction of sp³-hybridized carbons (Fsp3) is 0.133. The highest BCUT2D eigenvalue weighted by atomic mass is 32.2. The number of halogens is 3. The third-order valence-electron chi connectivity index (χ3n) is 3.21. The lowest BCUT2D eigenvalue weighted by Gasteiger charge is -2.16. The van der Waals surface area contributed by atoms with Gasteiger partial charge in [0.1, 0.15) is 10.9 Å². The monoisotopic (exact) mass is 358 g/mol. The zero-order chi connectivity index (χ0) is 17.9. The summed E-state index contributed by atoms with van der Waals surface area (Å²) in [4.78, 5) is 10.4. The fourth-order valence-corrected chi connectivity index (χ4v) is 3.29. The Morgan fingerprint density at radius 3 is 2.25 bits per heavy atom. The highest BCUT2D eigenvalue weighted by Gasteiger charge is 2.28. The molecule has 2 aromatic rings. The van der Waals surface area contributed by atoms with Crippen molar-refractivity contribution in [3.05, 3.63) is 65.5 Å². The van der Waals surface area contributed by atoms with Crippen LogP contribution in [0.5, 0.6) is 0 Å². The van der Waals surface area contributed by atoms with Gasteiger partial charge in [-0.3, -0.25) is 4.79 Å². The number of nitrogens with two attached hydrogens (primary N) is 1. The molecule has 0 bridgehead atoms. The summed E-state index contributed by atoms with van der Waals surface area (Å²) < 4.78 is 66.1. The summed E-state index contributed by atoms with van der Waals surface area (Å²) in [6, 6.07) is 8.02. The number of sulfonamides is 1. The molecule has 0 fully saturated rings. The highest BCUT2D eigenvalue weighted by molar-refractivity contribution is 7.89. The summed E-state index contributed by atoms with van der Waals surface area (Å²) in [5, 5.41) is 0. The van der Waals surface area contributed by atoms with Gasteiger partial charge in [0, 0.05) is 0 Å². The first-order valence-electron chi connectivity index (χ1n) is 6.71. The number of carbonyl (C=O) groups excluding carboxylic acids is 1. The third-order valence-corrected chi connectivity index (χ3v) is 4.70. The van der Waals surface area contributed by atoms with Gasteiger partial charge in [-0.05, 0) is 24.1 Å². The lowest BCUT2D eigenvalue weighted by atomic mass is 10.1. The van der Waals surface area contributed by atoms with Crippen molar-refractivity contribution >= 4 is 15.9 Å². The van der Waals surface area contributed by atoms with Crippen LogP contribution in [-0.4, -0.2) is 20.4 Å². The number of primary amides is 1. The first kappa shape index (κ1) is 18.0. The maximum atomic E-state index is 13.7. The Morgan fingerprint density at radius 1 is 1.04 bits per heavy atom. The van der Waals surface area contributed by atoms with E-state index in [1.165, 1.54) is 0 Å². The van der Waals surface area contributed by atoms with E-state index in [-0.39, 0.29) is 6.42 Å². The zero-order valence-electron chi connectivity index (χ0n) is 12.2. The minimum absolute atomic E-state index is 0.0826. The van der Waals surface area contributed by atoms with Crippen LogP contribution in [0.25, 0.3) is 0 Å². The second-order valence-electron chi connectivity index (χ2n) is 4.94. The van der Waals surface area contributed by atoms with Crippen LogP contribution in [0, 0.1) is 17.5 Å². The lowest BCUT2D eigenvalue weighted by molar-refractivity contribution is -0.119. The molecule has 0 radical (unpaired) electrons. The Hall–Kier alpha value is -2.39. The number of amides is 1. The molecule has 0 heterocycles. The van der Waals surface area contributed by atoms with Crippen LogP contribution in [0.4, 0.5) is 13.2 Å². The third kappa shape index (κ3) is 3.92. The number of nitrogens with one attached hydrogen (secondary N) is 1. The fourth-order valence-electron chi connectivity index (χ4n) is 2.02. The average molecular weight is 358 g/mol. The average Bonchev–Trinajstić information content (AvgIpc) is 2.52. The molecule has 24 heavy (non-hydrogen) atoms. The maximum absolute atomic E-state index is 13.7. The molecule has 0 aliphatic rings. The van der Waals surface area contributed by atoms with E-state index >= 15 is 0 Å². The van der Waals surface area contributed by atoms with Gasteiger partial charge < -0.3 is 5.73 Å². The van der Waals surface area contributed by atoms with E-state index in [1.54, 1.807) is 30.3 Å². The predicted molar refractivity (Wildman–Crippen MR) is 79.8 cm³/mol. The van der Waals surface area contributed by atoms with E-state index in [0.29, 0.717) is 17.7 Å². The van der Waals surface area contributed by atoms with Crippen LogP contribution in [0.15, 0.2) is 47.4 Å². The van der Waals surface area contributed by atoms with Crippen LogP contribution >= 0.6 is 0 Å². The van der Waals surface area contributed by atoms with Crippen LogP contribution < -0.4 is 10.5 Å². The van der Waals surface area contributed by atoms with E-state index in [2.05, 4.69) is 0 Å². The molecule has 0 saturated carbocycles. The summed E-state index contributed by atoms with van der Waals surface area (Å²) in [5.41, 5.74) is 5.77. The number of benzene rings is 2. The molecular weight excluding hydrogens is 345 g/mol. The zero-order valence-corrected chi connectivity index (χ0v) is 13.0. The molecule has 0 saturated heterocycles. The number of rotatable bonds is 6. The SMILES string of the molecule is NC(=O)C(Cc1ccccc1)NS(=O)(=O)c1ccc(F)c(F)c1F. The van der Waals surface area contributed by atoms with Crippen molar-refractivity contribution in [3.63, 3.8) is 0 Å². The van der Waals surface area contributed by atoms with Gasteiger partial charge in [0.25, 0.3) is 0 Å². The molecule has 0 spiro atoms. The molecule has 0 aromatic heterocycles. The Balaban J connectivity index is 2.31. The van der Waals surface area contributed by atoms with Gasteiger partial charge in [0.15, 0.2) is 17.5 Å². The minimum atomic E-state index is -4.63. The number of hydrogen-bond acceptors (Lipinski definition) is 3. The molecular formula is C15H13F3N2O3S. The Morgan fingerprint density at radius 2 is 1.67 bits per heavy atom. The molecule has 0 aliphatic heterocycles. The second kappa shape index (κ2) is 7.02. The van der Waals surface area contributed by atoms with Gasteiger partial charge in [-0.2, -0.15) is 4.72 Å². The molecule has 1 unspecified atom stereocenters. The van der Waals surface area contributed by atoms with Crippen LogP contribution in [0.2, 0.25) is 0 Å². The second-order valence-corrected chi connectivity index (χ2v) is 6.62. The molecule has 2 rings (SSSR count). The number of hydrogen-bond donors (Lipinski definition) is 2. The van der Waals surface area contributed by atoms with Crippen molar-refractivity contribution in [3.8, 4) is 0 Å². The number of carbonyl (C=O) groups is 1. The Labute approximate surface area is 136 Å². The molecule has 1 amide bonds. The van der Waals surface area contributed by atoms with Crippen molar-refractivity contribution in [2.75, 3.05) is 0 Å². The van der Waals surface area contributed by atoms with Crippen molar-refractivity contribution < 1.29 is 26.4 Å². The van der Waals surface area contributed by atoms with Gasteiger partial charge in [0.05, 0.1) is 0 Å². The van der Waals surface area contributed by atoms with Gasteiger partial charge >= 0.3 is 0 Å². The van der Waals surface area contributed by atoms with Gasteiger partial charge in [-0.1, -0.05) is 30.3 Å². The summed E-state index contributed by atoms with van der Waals surface area (Å²) in [6.45, 7) is 0. The smallest absolute Gasteiger partial charge is 0.244 e. The van der Waals surface area contributed by atoms with Crippen molar-refractivity contribution in [1.29, 1.82) is 0 Å². The summed E-state index contributed by atoms with van der Waals surface area (Å²) in [6.07, 6.45) is -0.0826. The van der Waals surface area contributed by atoms with Crippen molar-refractivity contribution in [1.82, 2.24) is 4.72 Å². The summed E-state index contributed by atoms with van der Waals surface area (Å²) >= 11 is 0. The molecule has 2 aromatic carbocycles. The molecule has 128 valence electrons. The highest BCUT2D eigenvalue weighted by Crippen LogP contribution is 2.20.